The van der Waals surface area contributed by atoms with Crippen molar-refractivity contribution in [2.24, 2.45) is 57.0 Å². The summed E-state index contributed by atoms with van der Waals surface area (Å²) < 4.78 is 0. The van der Waals surface area contributed by atoms with E-state index in [1.54, 1.807) is 23.4 Å². The zero-order valence-electron chi connectivity index (χ0n) is 36.2. The molecular formula is C51H90N2. The largest absolute Gasteiger partial charge is 0.391 e. The highest BCUT2D eigenvalue weighted by molar-refractivity contribution is 5.45. The molecule has 8 unspecified atom stereocenters. The van der Waals surface area contributed by atoms with Gasteiger partial charge in [0, 0.05) is 6.54 Å². The molecule has 0 heterocycles. The van der Waals surface area contributed by atoms with Crippen LogP contribution >= 0.6 is 0 Å². The topological polar surface area (TPSA) is 38.0 Å². The number of hydrogen-bond acceptors (Lipinski definition) is 2. The van der Waals surface area contributed by atoms with Crippen LogP contribution in [0.5, 0.6) is 0 Å². The first-order valence-corrected chi connectivity index (χ1v) is 21.1. The van der Waals surface area contributed by atoms with E-state index in [2.05, 4.69) is 104 Å². The lowest BCUT2D eigenvalue weighted by atomic mass is 9.36. The molecule has 0 bridgehead atoms. The second-order valence-electron chi connectivity index (χ2n) is 16.6. The van der Waals surface area contributed by atoms with Crippen molar-refractivity contribution in [2.45, 2.75) is 160 Å². The van der Waals surface area contributed by atoms with Crippen molar-refractivity contribution in [1.82, 2.24) is 5.32 Å². The average molecular weight is 731 g/mol. The molecule has 8 atom stereocenters. The zero-order chi connectivity index (χ0) is 40.2. The molecule has 0 aromatic carbocycles. The monoisotopic (exact) mass is 731 g/mol. The van der Waals surface area contributed by atoms with Crippen LogP contribution in [0, 0.1) is 64.1 Å². The average Bonchev–Trinajstić information content (AvgIpc) is 3.57. The Kier molecular flexibility index (Phi) is 25.4. The van der Waals surface area contributed by atoms with E-state index in [0.29, 0.717) is 16.2 Å². The maximum Gasteiger partial charge on any atom is 0.0153 e. The molecule has 0 saturated heterocycles. The van der Waals surface area contributed by atoms with Gasteiger partial charge in [-0.15, -0.1) is 32.6 Å². The van der Waals surface area contributed by atoms with E-state index in [1.165, 1.54) is 76.2 Å². The van der Waals surface area contributed by atoms with E-state index >= 15 is 0 Å². The van der Waals surface area contributed by atoms with Gasteiger partial charge in [-0.3, -0.25) is 0 Å². The van der Waals surface area contributed by atoms with Crippen LogP contribution in [0.2, 0.25) is 0 Å². The summed E-state index contributed by atoms with van der Waals surface area (Å²) in [6.07, 6.45) is 39.2. The molecule has 4 saturated carbocycles. The first-order chi connectivity index (χ1) is 25.0. The molecule has 0 radical (unpaired) electrons. The number of allylic oxidation sites excluding steroid dienone is 8. The number of hydrogen-bond donors (Lipinski definition) is 2. The lowest BCUT2D eigenvalue weighted by molar-refractivity contribution is -0.179. The van der Waals surface area contributed by atoms with Crippen LogP contribution in [0.3, 0.4) is 0 Å². The fraction of sp³-hybridized carbons (Fsp3) is 0.686. The van der Waals surface area contributed by atoms with Gasteiger partial charge in [0.05, 0.1) is 0 Å². The number of nitrogens with one attached hydrogen (secondary N) is 1. The highest BCUT2D eigenvalue weighted by Crippen LogP contribution is 2.73. The normalized spacial score (nSPS) is 33.4. The molecule has 2 heteroatoms. The maximum atomic E-state index is 5.19. The minimum absolute atomic E-state index is 0. The summed E-state index contributed by atoms with van der Waals surface area (Å²) in [4.78, 5) is 0. The van der Waals surface area contributed by atoms with Gasteiger partial charge in [0.2, 0.25) is 0 Å². The second-order valence-corrected chi connectivity index (χ2v) is 16.6. The molecule has 304 valence electrons. The Bertz CT molecular complexity index is 1180. The van der Waals surface area contributed by atoms with Gasteiger partial charge in [-0.25, -0.2) is 0 Å². The van der Waals surface area contributed by atoms with Crippen molar-refractivity contribution in [3.05, 3.63) is 86.2 Å². The van der Waals surface area contributed by atoms with E-state index in [9.17, 15) is 0 Å². The van der Waals surface area contributed by atoms with Crippen LogP contribution in [0.1, 0.15) is 160 Å². The SMILES string of the molecule is C.C#C.C=C.C=CC.C=CC1=CC=C(C2=CCC3(C)C(CCC4(C)C5CCC6(C)CCCC6C5CCC43)C2(C)C)CC1.C=CNCCCN.CC.CC. The fourth-order valence-corrected chi connectivity index (χ4v) is 12.1. The lowest BCUT2D eigenvalue weighted by Crippen LogP contribution is -2.61. The van der Waals surface area contributed by atoms with Crippen LogP contribution in [-0.2, 0) is 0 Å². The first-order valence-electron chi connectivity index (χ1n) is 21.1. The molecule has 2 nitrogen and oxygen atoms in total. The molecular weight excluding hydrogens is 641 g/mol. The Morgan fingerprint density at radius 1 is 0.811 bits per heavy atom. The molecule has 0 aliphatic heterocycles. The van der Waals surface area contributed by atoms with Crippen molar-refractivity contribution in [3.8, 4) is 12.8 Å². The van der Waals surface area contributed by atoms with Gasteiger partial charge in [-0.05, 0) is 165 Å². The maximum absolute atomic E-state index is 5.19. The van der Waals surface area contributed by atoms with E-state index in [-0.39, 0.29) is 12.8 Å². The number of rotatable bonds is 6. The van der Waals surface area contributed by atoms with Gasteiger partial charge < -0.3 is 11.1 Å². The third kappa shape index (κ3) is 11.7. The smallest absolute Gasteiger partial charge is 0.0153 e. The summed E-state index contributed by atoms with van der Waals surface area (Å²) >= 11 is 0. The lowest BCUT2D eigenvalue weighted by Gasteiger charge is -2.68. The van der Waals surface area contributed by atoms with Gasteiger partial charge in [0.25, 0.3) is 0 Å². The Morgan fingerprint density at radius 2 is 1.43 bits per heavy atom. The second kappa shape index (κ2) is 25.6. The molecule has 53 heavy (non-hydrogen) atoms. The predicted molar refractivity (Wildman–Crippen MR) is 244 cm³/mol. The number of fused-ring (bicyclic) bond motifs is 7. The molecule has 6 rings (SSSR count). The summed E-state index contributed by atoms with van der Waals surface area (Å²) in [7, 11) is 0. The van der Waals surface area contributed by atoms with Crippen LogP contribution in [0.4, 0.5) is 0 Å². The Labute approximate surface area is 333 Å². The van der Waals surface area contributed by atoms with Crippen LogP contribution in [0.15, 0.2) is 86.2 Å². The number of nitrogens with two attached hydrogens (primary N) is 1. The molecule has 0 amide bonds. The molecule has 0 aromatic heterocycles. The van der Waals surface area contributed by atoms with Crippen LogP contribution < -0.4 is 11.1 Å². The summed E-state index contributed by atoms with van der Waals surface area (Å²) in [5.74, 6) is 4.80. The standard InChI is InChI=1S/C34H50.C5H12N2.C3H6.2C2H6.C2H4.C2H2.CH4/c1-7-23-10-12-24(13-11-23)26-17-21-34(6)29(31(26,2)3)18-22-33(5)28-16-20-32(4)19-8-9-27(32)25(28)14-15-30(33)34;1-2-7-5-3-4-6;1-3-2;4*1-2;/h7,10,12,17,25,27-30H,1,8-9,11,13-16,18-22H2,2-6H3;2,7H,1,3-6H2;3H,1H2,2H3;2*1-2H3;1-2H2;1-2H;1H4. The van der Waals surface area contributed by atoms with Crippen molar-refractivity contribution in [2.75, 3.05) is 13.1 Å². The quantitative estimate of drug-likeness (QED) is 0.162. The van der Waals surface area contributed by atoms with Gasteiger partial charge in [0.1, 0.15) is 0 Å². The number of terminal acetylenes is 1. The fourth-order valence-electron chi connectivity index (χ4n) is 12.1. The van der Waals surface area contributed by atoms with Crippen molar-refractivity contribution in [3.63, 3.8) is 0 Å². The van der Waals surface area contributed by atoms with Gasteiger partial charge in [-0.2, -0.15) is 0 Å². The Balaban J connectivity index is 0. The highest BCUT2D eigenvalue weighted by Gasteiger charge is 2.64. The zero-order valence-corrected chi connectivity index (χ0v) is 36.2. The molecule has 4 fully saturated rings. The van der Waals surface area contributed by atoms with E-state index < -0.39 is 0 Å². The molecule has 3 N–H and O–H groups in total. The molecule has 0 aromatic rings. The summed E-state index contributed by atoms with van der Waals surface area (Å²) in [5, 5.41) is 2.93. The third-order valence-electron chi connectivity index (χ3n) is 14.0. The molecule has 6 aliphatic carbocycles. The summed E-state index contributed by atoms with van der Waals surface area (Å²) in [5.41, 5.74) is 11.9. The van der Waals surface area contributed by atoms with E-state index in [0.717, 1.165) is 55.5 Å². The highest BCUT2D eigenvalue weighted by atomic mass is 14.8. The third-order valence-corrected chi connectivity index (χ3v) is 14.0. The predicted octanol–water partition coefficient (Wildman–Crippen LogP) is 14.8. The van der Waals surface area contributed by atoms with Gasteiger partial charge in [-0.1, -0.05) is 120 Å². The molecule has 6 aliphatic rings. The van der Waals surface area contributed by atoms with Crippen molar-refractivity contribution in [1.29, 1.82) is 0 Å². The van der Waals surface area contributed by atoms with Gasteiger partial charge in [0.15, 0.2) is 0 Å². The minimum atomic E-state index is 0. The summed E-state index contributed by atoms with van der Waals surface area (Å²) in [6, 6.07) is 0. The van der Waals surface area contributed by atoms with Gasteiger partial charge >= 0.3 is 0 Å². The molecule has 0 spiro atoms. The van der Waals surface area contributed by atoms with E-state index in [1.807, 2.05) is 40.7 Å². The minimum Gasteiger partial charge on any atom is -0.391 e. The van der Waals surface area contributed by atoms with Crippen molar-refractivity contribution < 1.29 is 0 Å². The van der Waals surface area contributed by atoms with Crippen molar-refractivity contribution >= 4 is 0 Å². The van der Waals surface area contributed by atoms with E-state index in [4.69, 9.17) is 5.73 Å². The Hall–Kier alpha value is -2.50. The summed E-state index contributed by atoms with van der Waals surface area (Å²) in [6.45, 7) is 41.8. The Morgan fingerprint density at radius 3 is 1.96 bits per heavy atom. The van der Waals surface area contributed by atoms with Crippen LogP contribution in [-0.4, -0.2) is 13.1 Å². The first kappa shape index (κ1) is 52.6. The van der Waals surface area contributed by atoms with Crippen LogP contribution in [0.25, 0.3) is 0 Å².